The molecular weight excluding hydrogens is 291 g/mol. The maximum atomic E-state index is 5.96. The summed E-state index contributed by atoms with van der Waals surface area (Å²) in [5, 5.41) is 0.319. The fourth-order valence-corrected chi connectivity index (χ4v) is 1.69. The summed E-state index contributed by atoms with van der Waals surface area (Å²) in [5.74, 6) is 0. The van der Waals surface area contributed by atoms with Crippen LogP contribution in [-0.4, -0.2) is 14.9 Å². The first kappa shape index (κ1) is 13.6. The van der Waals surface area contributed by atoms with Gasteiger partial charge in [0.15, 0.2) is 8.32 Å². The van der Waals surface area contributed by atoms with Gasteiger partial charge >= 0.3 is 0 Å². The fraction of sp³-hybridized carbons (Fsp3) is 0.800. The predicted molar refractivity (Wildman–Crippen MR) is 70.9 cm³/mol. The molecule has 0 spiro atoms. The molecule has 1 nitrogen and oxygen atoms in total. The normalized spacial score (nSPS) is 14.8. The Morgan fingerprint density at radius 3 is 2.15 bits per heavy atom. The summed E-state index contributed by atoms with van der Waals surface area (Å²) in [4.78, 5) is 0. The molecule has 0 amide bonds. The first-order valence-electron chi connectivity index (χ1n) is 4.63. The van der Waals surface area contributed by atoms with E-state index in [-0.39, 0.29) is 0 Å². The third-order valence-corrected chi connectivity index (χ3v) is 7.56. The summed E-state index contributed by atoms with van der Waals surface area (Å²) >= 11 is 2.31. The van der Waals surface area contributed by atoms with Crippen LogP contribution in [0.3, 0.4) is 0 Å². The minimum Gasteiger partial charge on any atom is -0.413 e. The molecule has 0 radical (unpaired) electrons. The van der Waals surface area contributed by atoms with Crippen molar-refractivity contribution in [2.24, 2.45) is 0 Å². The average molecular weight is 312 g/mol. The molecule has 78 valence electrons. The van der Waals surface area contributed by atoms with Gasteiger partial charge in [0.05, 0.1) is 6.61 Å². The van der Waals surface area contributed by atoms with E-state index in [1.54, 1.807) is 0 Å². The van der Waals surface area contributed by atoms with Gasteiger partial charge in [-0.05, 0) is 51.2 Å². The lowest BCUT2D eigenvalue weighted by molar-refractivity contribution is 0.328. The van der Waals surface area contributed by atoms with E-state index < -0.39 is 8.32 Å². The maximum Gasteiger partial charge on any atom is 0.192 e. The van der Waals surface area contributed by atoms with E-state index in [1.165, 1.54) is 3.58 Å². The first-order valence-corrected chi connectivity index (χ1v) is 8.62. The van der Waals surface area contributed by atoms with Crippen LogP contribution in [0.1, 0.15) is 27.7 Å². The molecule has 0 aromatic heterocycles. The van der Waals surface area contributed by atoms with Gasteiger partial charge in [0.1, 0.15) is 0 Å². The quantitative estimate of drug-likeness (QED) is 0.556. The van der Waals surface area contributed by atoms with Crippen molar-refractivity contribution in [3.8, 4) is 0 Å². The van der Waals surface area contributed by atoms with E-state index in [9.17, 15) is 0 Å². The van der Waals surface area contributed by atoms with Crippen LogP contribution in [0.15, 0.2) is 9.66 Å². The second kappa shape index (κ2) is 4.93. The standard InChI is InChI=1S/C10H21IOSi/c1-9(11)7-8-12-13(5,6)10(2,3)4/h7H,8H2,1-6H3. The van der Waals surface area contributed by atoms with Gasteiger partial charge in [-0.1, -0.05) is 26.8 Å². The van der Waals surface area contributed by atoms with Gasteiger partial charge in [-0.3, -0.25) is 0 Å². The van der Waals surface area contributed by atoms with E-state index in [1.807, 2.05) is 0 Å². The van der Waals surface area contributed by atoms with Crippen LogP contribution in [0.25, 0.3) is 0 Å². The number of halogens is 1. The van der Waals surface area contributed by atoms with Crippen LogP contribution in [-0.2, 0) is 4.43 Å². The molecule has 3 heteroatoms. The Balaban J connectivity index is 4.12. The molecule has 0 aliphatic rings. The van der Waals surface area contributed by atoms with E-state index in [0.29, 0.717) is 5.04 Å². The summed E-state index contributed by atoms with van der Waals surface area (Å²) < 4.78 is 7.26. The highest BCUT2D eigenvalue weighted by molar-refractivity contribution is 14.1. The van der Waals surface area contributed by atoms with E-state index in [2.05, 4.69) is 69.5 Å². The van der Waals surface area contributed by atoms with Crippen molar-refractivity contribution in [1.29, 1.82) is 0 Å². The lowest BCUT2D eigenvalue weighted by atomic mass is 10.2. The zero-order chi connectivity index (χ0) is 10.7. The number of rotatable bonds is 3. The Bertz CT molecular complexity index is 188. The highest BCUT2D eigenvalue weighted by Crippen LogP contribution is 2.36. The fourth-order valence-electron chi connectivity index (χ4n) is 0.581. The third-order valence-electron chi connectivity index (χ3n) is 2.61. The van der Waals surface area contributed by atoms with Crippen molar-refractivity contribution in [3.05, 3.63) is 9.66 Å². The van der Waals surface area contributed by atoms with Crippen molar-refractivity contribution in [3.63, 3.8) is 0 Å². The van der Waals surface area contributed by atoms with Crippen molar-refractivity contribution in [2.75, 3.05) is 6.61 Å². The molecule has 0 bridgehead atoms. The lowest BCUT2D eigenvalue weighted by Gasteiger charge is -2.35. The van der Waals surface area contributed by atoms with Crippen LogP contribution in [0.5, 0.6) is 0 Å². The van der Waals surface area contributed by atoms with Crippen molar-refractivity contribution in [1.82, 2.24) is 0 Å². The molecule has 0 saturated heterocycles. The van der Waals surface area contributed by atoms with Crippen LogP contribution in [0.4, 0.5) is 0 Å². The molecule has 0 aromatic rings. The van der Waals surface area contributed by atoms with Crippen LogP contribution in [0.2, 0.25) is 18.1 Å². The molecule has 0 rings (SSSR count). The average Bonchev–Trinajstić information content (AvgIpc) is 1.82. The molecule has 0 aromatic carbocycles. The minimum atomic E-state index is -1.52. The van der Waals surface area contributed by atoms with Gasteiger partial charge in [0.25, 0.3) is 0 Å². The third kappa shape index (κ3) is 5.17. The predicted octanol–water partition coefficient (Wildman–Crippen LogP) is 4.35. The molecule has 0 unspecified atom stereocenters. The molecule has 0 aliphatic heterocycles. The molecule has 0 saturated carbocycles. The zero-order valence-electron chi connectivity index (χ0n) is 9.57. The van der Waals surface area contributed by atoms with Crippen molar-refractivity contribution in [2.45, 2.75) is 45.8 Å². The van der Waals surface area contributed by atoms with Crippen LogP contribution < -0.4 is 0 Å². The molecule has 0 N–H and O–H groups in total. The zero-order valence-corrected chi connectivity index (χ0v) is 12.7. The minimum absolute atomic E-state index is 0.319. The summed E-state index contributed by atoms with van der Waals surface area (Å²) in [7, 11) is -1.52. The van der Waals surface area contributed by atoms with Gasteiger partial charge in [-0.15, -0.1) is 0 Å². The molecular formula is C10H21IOSi. The molecule has 0 atom stereocenters. The summed E-state index contributed by atoms with van der Waals surface area (Å²) in [6, 6.07) is 0. The van der Waals surface area contributed by atoms with E-state index in [0.717, 1.165) is 6.61 Å². The molecule has 13 heavy (non-hydrogen) atoms. The van der Waals surface area contributed by atoms with Gasteiger partial charge in [0, 0.05) is 0 Å². The van der Waals surface area contributed by atoms with Gasteiger partial charge in [-0.25, -0.2) is 0 Å². The number of allylic oxidation sites excluding steroid dienone is 1. The van der Waals surface area contributed by atoms with Gasteiger partial charge in [0.2, 0.25) is 0 Å². The van der Waals surface area contributed by atoms with Crippen molar-refractivity contribution < 1.29 is 4.43 Å². The molecule has 0 aliphatic carbocycles. The SMILES string of the molecule is CC(I)=CCO[Si](C)(C)C(C)(C)C. The first-order chi connectivity index (χ1) is 5.67. The topological polar surface area (TPSA) is 9.23 Å². The Kier molecular flexibility index (Phi) is 5.18. The van der Waals surface area contributed by atoms with Crippen LogP contribution >= 0.6 is 22.6 Å². The van der Waals surface area contributed by atoms with E-state index in [4.69, 9.17) is 4.43 Å². The second-order valence-corrected chi connectivity index (χ2v) is 11.4. The number of hydrogen-bond acceptors (Lipinski definition) is 1. The van der Waals surface area contributed by atoms with Crippen LogP contribution in [0, 0.1) is 0 Å². The smallest absolute Gasteiger partial charge is 0.192 e. The Hall–Kier alpha value is 0.647. The molecule has 0 fully saturated rings. The Morgan fingerprint density at radius 2 is 1.85 bits per heavy atom. The largest absolute Gasteiger partial charge is 0.413 e. The van der Waals surface area contributed by atoms with Gasteiger partial charge < -0.3 is 4.43 Å². The lowest BCUT2D eigenvalue weighted by Crippen LogP contribution is -2.40. The summed E-state index contributed by atoms with van der Waals surface area (Å²) in [5.41, 5.74) is 0. The monoisotopic (exact) mass is 312 g/mol. The van der Waals surface area contributed by atoms with E-state index >= 15 is 0 Å². The van der Waals surface area contributed by atoms with Gasteiger partial charge in [-0.2, -0.15) is 0 Å². The second-order valence-electron chi connectivity index (χ2n) is 4.86. The molecule has 0 heterocycles. The highest BCUT2D eigenvalue weighted by atomic mass is 127. The Morgan fingerprint density at radius 1 is 1.38 bits per heavy atom. The summed E-state index contributed by atoms with van der Waals surface area (Å²) in [6.07, 6.45) is 2.14. The maximum absolute atomic E-state index is 5.96. The van der Waals surface area contributed by atoms with Crippen molar-refractivity contribution >= 4 is 30.9 Å². The Labute approximate surface area is 97.2 Å². The number of hydrogen-bond donors (Lipinski definition) is 0. The summed E-state index contributed by atoms with van der Waals surface area (Å²) in [6.45, 7) is 14.2. The highest BCUT2D eigenvalue weighted by Gasteiger charge is 2.36.